The first-order valence-electron chi connectivity index (χ1n) is 10.4. The highest BCUT2D eigenvalue weighted by Crippen LogP contribution is 2.67. The smallest absolute Gasteiger partial charge is 0.215 e. The molecule has 7 nitrogen and oxygen atoms in total. The first-order valence-corrected chi connectivity index (χ1v) is 10.4. The molecule has 4 unspecified atom stereocenters. The van der Waals surface area contributed by atoms with Gasteiger partial charge in [-0.25, -0.2) is 0 Å². The first kappa shape index (κ1) is 21.4. The van der Waals surface area contributed by atoms with Crippen LogP contribution in [0.15, 0.2) is 54.6 Å². The highest BCUT2D eigenvalue weighted by Gasteiger charge is 2.79. The van der Waals surface area contributed by atoms with Crippen LogP contribution in [0, 0.1) is 56.2 Å². The van der Waals surface area contributed by atoms with Crippen LogP contribution in [0.2, 0.25) is 0 Å². The van der Waals surface area contributed by atoms with Gasteiger partial charge in [0.25, 0.3) is 0 Å². The fourth-order valence-electron chi connectivity index (χ4n) is 5.00. The molecule has 0 aromatic heterocycles. The monoisotopic (exact) mass is 426 g/mol. The van der Waals surface area contributed by atoms with Crippen molar-refractivity contribution in [2.75, 3.05) is 6.61 Å². The Morgan fingerprint density at radius 3 is 2.28 bits per heavy atom. The maximum Gasteiger partial charge on any atom is 0.215 e. The van der Waals surface area contributed by atoms with Gasteiger partial charge >= 0.3 is 0 Å². The van der Waals surface area contributed by atoms with Crippen molar-refractivity contribution in [1.82, 2.24) is 0 Å². The van der Waals surface area contributed by atoms with E-state index in [2.05, 4.69) is 18.2 Å². The zero-order chi connectivity index (χ0) is 23.0. The van der Waals surface area contributed by atoms with Gasteiger partial charge in [-0.05, 0) is 25.0 Å². The Kier molecular flexibility index (Phi) is 5.13. The Hall–Kier alpha value is -3.86. The fourth-order valence-corrected chi connectivity index (χ4v) is 5.00. The molecule has 7 heteroatoms. The van der Waals surface area contributed by atoms with Gasteiger partial charge in [0.15, 0.2) is 5.41 Å². The van der Waals surface area contributed by atoms with Gasteiger partial charge in [-0.1, -0.05) is 48.5 Å². The van der Waals surface area contributed by atoms with E-state index in [1.54, 1.807) is 31.2 Å². The van der Waals surface area contributed by atoms with Gasteiger partial charge in [0.1, 0.15) is 11.9 Å². The van der Waals surface area contributed by atoms with Crippen LogP contribution in [0.5, 0.6) is 5.75 Å². The van der Waals surface area contributed by atoms with E-state index in [0.29, 0.717) is 24.3 Å². The van der Waals surface area contributed by atoms with E-state index in [1.165, 1.54) is 0 Å². The van der Waals surface area contributed by atoms with Crippen LogP contribution in [0.25, 0.3) is 0 Å². The fraction of sp³-hybridized carbons (Fsp3) is 0.360. The second-order valence-electron chi connectivity index (χ2n) is 8.11. The van der Waals surface area contributed by atoms with Crippen molar-refractivity contribution in [3.63, 3.8) is 0 Å². The maximum absolute atomic E-state index is 10.5. The molecule has 1 N–H and O–H groups in total. The molecule has 2 heterocycles. The van der Waals surface area contributed by atoms with E-state index in [-0.39, 0.29) is 0 Å². The van der Waals surface area contributed by atoms with Crippen molar-refractivity contribution in [2.45, 2.75) is 32.2 Å². The number of nitrogens with one attached hydrogen (secondary N) is 1. The third kappa shape index (κ3) is 2.71. The number of nitriles is 3. The van der Waals surface area contributed by atoms with E-state index < -0.39 is 34.5 Å². The molecule has 4 rings (SSSR count). The standard InChI is InChI=1S/C25H22N4O3/c1-3-30-19-12-8-7-11-18(19)21-24(14-26,15-27)25(16-28)20(13-17-9-5-4-6-10-17)23(2,31-21)32-22(25)29/h4-12,20-21,29H,3,13H2,1-2H3. The lowest BCUT2D eigenvalue weighted by molar-refractivity contribution is -0.272. The van der Waals surface area contributed by atoms with Gasteiger partial charge in [-0.2, -0.15) is 15.8 Å². The topological polar surface area (TPSA) is 123 Å². The van der Waals surface area contributed by atoms with Crippen molar-refractivity contribution in [2.24, 2.45) is 16.7 Å². The summed E-state index contributed by atoms with van der Waals surface area (Å²) in [6, 6.07) is 22.8. The van der Waals surface area contributed by atoms with Crippen LogP contribution in [0.4, 0.5) is 0 Å². The zero-order valence-electron chi connectivity index (χ0n) is 17.8. The normalized spacial score (nSPS) is 29.8. The molecule has 2 aromatic rings. The molecule has 2 fully saturated rings. The molecule has 160 valence electrons. The number of ether oxygens (including phenoxy) is 3. The summed E-state index contributed by atoms with van der Waals surface area (Å²) in [5, 5.41) is 39.9. The summed E-state index contributed by atoms with van der Waals surface area (Å²) >= 11 is 0. The van der Waals surface area contributed by atoms with Gasteiger partial charge in [0.05, 0.1) is 30.7 Å². The zero-order valence-corrected chi connectivity index (χ0v) is 17.8. The maximum atomic E-state index is 10.5. The summed E-state index contributed by atoms with van der Waals surface area (Å²) in [4.78, 5) is 0. The van der Waals surface area contributed by atoms with Crippen molar-refractivity contribution in [3.05, 3.63) is 65.7 Å². The number of nitrogens with zero attached hydrogens (tertiary/aromatic N) is 3. The number of rotatable bonds is 5. The van der Waals surface area contributed by atoms with Crippen LogP contribution >= 0.6 is 0 Å². The highest BCUT2D eigenvalue weighted by atomic mass is 16.7. The molecule has 0 radical (unpaired) electrons. The Bertz CT molecular complexity index is 1160. The largest absolute Gasteiger partial charge is 0.493 e. The Balaban J connectivity index is 1.95. The second kappa shape index (κ2) is 7.68. The van der Waals surface area contributed by atoms with Crippen LogP contribution in [-0.2, 0) is 15.9 Å². The van der Waals surface area contributed by atoms with Crippen molar-refractivity contribution in [3.8, 4) is 24.0 Å². The summed E-state index contributed by atoms with van der Waals surface area (Å²) in [6.07, 6.45) is -0.849. The number of benzene rings is 2. The SMILES string of the molecule is CCOc1ccccc1C1OC2(C)OC(=N)C(C#N)(C2Cc2ccccc2)C1(C#N)C#N. The summed E-state index contributed by atoms with van der Waals surface area (Å²) in [6.45, 7) is 3.87. The number of fused-ring (bicyclic) bond motifs is 2. The molecule has 4 atom stereocenters. The predicted octanol–water partition coefficient (Wildman–Crippen LogP) is 4.28. The number of hydrogen-bond donors (Lipinski definition) is 1. The lowest BCUT2D eigenvalue weighted by atomic mass is 9.52. The van der Waals surface area contributed by atoms with Gasteiger partial charge in [0, 0.05) is 12.5 Å². The highest BCUT2D eigenvalue weighted by molar-refractivity contribution is 5.89. The van der Waals surface area contributed by atoms with Crippen LogP contribution < -0.4 is 4.74 Å². The molecule has 2 aromatic carbocycles. The Morgan fingerprint density at radius 1 is 1.00 bits per heavy atom. The van der Waals surface area contributed by atoms with Crippen LogP contribution in [0.1, 0.15) is 31.1 Å². The van der Waals surface area contributed by atoms with Gasteiger partial charge in [-0.3, -0.25) is 5.41 Å². The van der Waals surface area contributed by atoms with E-state index in [9.17, 15) is 15.8 Å². The van der Waals surface area contributed by atoms with Gasteiger partial charge in [0.2, 0.25) is 17.1 Å². The van der Waals surface area contributed by atoms with Crippen LogP contribution in [-0.4, -0.2) is 18.3 Å². The second-order valence-corrected chi connectivity index (χ2v) is 8.11. The minimum Gasteiger partial charge on any atom is -0.493 e. The number of para-hydroxylation sites is 1. The molecule has 32 heavy (non-hydrogen) atoms. The third-order valence-electron chi connectivity index (χ3n) is 6.50. The summed E-state index contributed by atoms with van der Waals surface area (Å²) < 4.78 is 18.0. The molecule has 2 aliphatic rings. The molecule has 0 saturated carbocycles. The van der Waals surface area contributed by atoms with Crippen LogP contribution in [0.3, 0.4) is 0 Å². The Morgan fingerprint density at radius 2 is 1.66 bits per heavy atom. The molecule has 2 saturated heterocycles. The lowest BCUT2D eigenvalue weighted by Crippen LogP contribution is -2.59. The lowest BCUT2D eigenvalue weighted by Gasteiger charge is -2.49. The summed E-state index contributed by atoms with van der Waals surface area (Å²) in [5.74, 6) is -2.09. The Labute approximate surface area is 186 Å². The number of hydrogen-bond acceptors (Lipinski definition) is 7. The average Bonchev–Trinajstić information content (AvgIpc) is 2.97. The molecule has 0 amide bonds. The average molecular weight is 426 g/mol. The minimum atomic E-state index is -2.03. The molecule has 2 aliphatic heterocycles. The quantitative estimate of drug-likeness (QED) is 0.761. The van der Waals surface area contributed by atoms with E-state index in [0.717, 1.165) is 5.56 Å². The molecular weight excluding hydrogens is 404 g/mol. The third-order valence-corrected chi connectivity index (χ3v) is 6.50. The molecule has 0 spiro atoms. The van der Waals surface area contributed by atoms with Gasteiger partial charge in [-0.15, -0.1) is 0 Å². The predicted molar refractivity (Wildman–Crippen MR) is 114 cm³/mol. The van der Waals surface area contributed by atoms with Gasteiger partial charge < -0.3 is 14.2 Å². The van der Waals surface area contributed by atoms with Crippen molar-refractivity contribution < 1.29 is 14.2 Å². The molecule has 0 aliphatic carbocycles. The van der Waals surface area contributed by atoms with E-state index in [4.69, 9.17) is 19.6 Å². The summed E-state index contributed by atoms with van der Waals surface area (Å²) in [5.41, 5.74) is -2.49. The minimum absolute atomic E-state index is 0.304. The molecular formula is C25H22N4O3. The van der Waals surface area contributed by atoms with Crippen molar-refractivity contribution >= 4 is 5.90 Å². The van der Waals surface area contributed by atoms with E-state index >= 15 is 0 Å². The molecule has 2 bridgehead atoms. The first-order chi connectivity index (χ1) is 15.4. The summed E-state index contributed by atoms with van der Waals surface area (Å²) in [7, 11) is 0. The van der Waals surface area contributed by atoms with Crippen molar-refractivity contribution in [1.29, 1.82) is 21.2 Å². The van der Waals surface area contributed by atoms with E-state index in [1.807, 2.05) is 37.3 Å².